The van der Waals surface area contributed by atoms with Gasteiger partial charge in [0.1, 0.15) is 6.17 Å². The maximum Gasteiger partial charge on any atom is 0.283 e. The summed E-state index contributed by atoms with van der Waals surface area (Å²) in [6.07, 6.45) is 1.15. The minimum atomic E-state index is -0.556. The molecule has 1 aromatic heterocycles. The first kappa shape index (κ1) is 19.1. The number of nitrogens with zero attached hydrogens (tertiary/aromatic N) is 2. The molecule has 2 N–H and O–H groups in total. The molecule has 5 rings (SSSR count). The number of benzene rings is 3. The second-order valence-corrected chi connectivity index (χ2v) is 8.10. The van der Waals surface area contributed by atoms with Crippen molar-refractivity contribution in [3.63, 3.8) is 0 Å². The standard InChI is InChI=1S/C23H16N4O3S/c28-23-16-7-1-2-8-17(16)25-22(26-23)15-10-11-19(18(13-15)27(29)30)31-20-9-3-5-14-6-4-12-24-21(14)20/h1-13,22,25H,(H,26,28)/t22-/m0/s1. The summed E-state index contributed by atoms with van der Waals surface area (Å²) in [5.41, 5.74) is 2.62. The first-order valence-corrected chi connectivity index (χ1v) is 10.4. The van der Waals surface area contributed by atoms with Crippen LogP contribution in [0.2, 0.25) is 0 Å². The van der Waals surface area contributed by atoms with E-state index in [2.05, 4.69) is 15.6 Å². The molecule has 1 aliphatic heterocycles. The Bertz CT molecular complexity index is 1340. The van der Waals surface area contributed by atoms with E-state index in [1.807, 2.05) is 42.5 Å². The number of hydrogen-bond acceptors (Lipinski definition) is 6. The van der Waals surface area contributed by atoms with Crippen LogP contribution in [-0.2, 0) is 0 Å². The summed E-state index contributed by atoms with van der Waals surface area (Å²) in [6.45, 7) is 0. The SMILES string of the molecule is O=C1N[C@@H](c2ccc(Sc3cccc4cccnc34)c([N+](=O)[O-])c2)Nc2ccccc21. The van der Waals surface area contributed by atoms with E-state index in [0.29, 0.717) is 21.7 Å². The molecule has 0 unspecified atom stereocenters. The molecular formula is C23H16N4O3S. The summed E-state index contributed by atoms with van der Waals surface area (Å²) in [6, 6.07) is 21.8. The van der Waals surface area contributed by atoms with Gasteiger partial charge in [0.25, 0.3) is 11.6 Å². The first-order chi connectivity index (χ1) is 15.1. The minimum Gasteiger partial charge on any atom is -0.361 e. The van der Waals surface area contributed by atoms with Crippen LogP contribution in [-0.4, -0.2) is 15.8 Å². The number of nitrogens with one attached hydrogen (secondary N) is 2. The molecule has 0 spiro atoms. The van der Waals surface area contributed by atoms with Crippen LogP contribution in [0.5, 0.6) is 0 Å². The lowest BCUT2D eigenvalue weighted by atomic mass is 10.1. The molecule has 1 aliphatic rings. The molecule has 31 heavy (non-hydrogen) atoms. The Labute approximate surface area is 181 Å². The van der Waals surface area contributed by atoms with Crippen LogP contribution < -0.4 is 10.6 Å². The fourth-order valence-corrected chi connectivity index (χ4v) is 4.62. The van der Waals surface area contributed by atoms with E-state index in [4.69, 9.17) is 0 Å². The van der Waals surface area contributed by atoms with Gasteiger partial charge in [-0.1, -0.05) is 48.2 Å². The van der Waals surface area contributed by atoms with E-state index in [-0.39, 0.29) is 11.6 Å². The fraction of sp³-hybridized carbons (Fsp3) is 0.0435. The summed E-state index contributed by atoms with van der Waals surface area (Å²) in [7, 11) is 0. The number of hydrogen-bond donors (Lipinski definition) is 2. The Morgan fingerprint density at radius 2 is 1.77 bits per heavy atom. The van der Waals surface area contributed by atoms with Gasteiger partial charge in [0, 0.05) is 33.8 Å². The Morgan fingerprint density at radius 3 is 2.65 bits per heavy atom. The monoisotopic (exact) mass is 428 g/mol. The highest BCUT2D eigenvalue weighted by atomic mass is 32.2. The number of amides is 1. The van der Waals surface area contributed by atoms with Crippen molar-refractivity contribution < 1.29 is 9.72 Å². The van der Waals surface area contributed by atoms with Crippen LogP contribution in [0.25, 0.3) is 10.9 Å². The number of nitro benzene ring substituents is 1. The van der Waals surface area contributed by atoms with Crippen molar-refractivity contribution in [3.05, 3.63) is 100 Å². The van der Waals surface area contributed by atoms with Crippen LogP contribution in [0.4, 0.5) is 11.4 Å². The molecule has 8 heteroatoms. The zero-order valence-electron chi connectivity index (χ0n) is 16.1. The van der Waals surface area contributed by atoms with Crippen molar-refractivity contribution in [2.75, 3.05) is 5.32 Å². The zero-order chi connectivity index (χ0) is 21.4. The molecule has 0 radical (unpaired) electrons. The number of nitro groups is 1. The molecule has 0 fully saturated rings. The molecule has 1 amide bonds. The third-order valence-corrected chi connectivity index (χ3v) is 6.19. The highest BCUT2D eigenvalue weighted by molar-refractivity contribution is 7.99. The van der Waals surface area contributed by atoms with Crippen LogP contribution >= 0.6 is 11.8 Å². The van der Waals surface area contributed by atoms with Gasteiger partial charge in [-0.15, -0.1) is 0 Å². The number of carbonyl (C=O) groups is 1. The number of carbonyl (C=O) groups excluding carboxylic acids is 1. The van der Waals surface area contributed by atoms with Crippen LogP contribution in [0, 0.1) is 10.1 Å². The number of rotatable bonds is 4. The van der Waals surface area contributed by atoms with Gasteiger partial charge < -0.3 is 10.6 Å². The lowest BCUT2D eigenvalue weighted by Crippen LogP contribution is -2.38. The maximum absolute atomic E-state index is 12.4. The van der Waals surface area contributed by atoms with Gasteiger partial charge in [-0.05, 0) is 30.3 Å². The molecule has 152 valence electrons. The molecule has 3 aromatic carbocycles. The molecule has 7 nitrogen and oxygen atoms in total. The smallest absolute Gasteiger partial charge is 0.283 e. The van der Waals surface area contributed by atoms with E-state index in [1.54, 1.807) is 30.5 Å². The second kappa shape index (κ2) is 7.73. The predicted molar refractivity (Wildman–Crippen MR) is 119 cm³/mol. The van der Waals surface area contributed by atoms with Crippen LogP contribution in [0.15, 0.2) is 88.8 Å². The number of anilines is 1. The highest BCUT2D eigenvalue weighted by Crippen LogP contribution is 2.39. The van der Waals surface area contributed by atoms with E-state index in [0.717, 1.165) is 15.8 Å². The van der Waals surface area contributed by atoms with Crippen molar-refractivity contribution in [2.45, 2.75) is 16.0 Å². The zero-order valence-corrected chi connectivity index (χ0v) is 16.9. The molecule has 2 heterocycles. The lowest BCUT2D eigenvalue weighted by Gasteiger charge is -2.28. The molecule has 0 aliphatic carbocycles. The van der Waals surface area contributed by atoms with Gasteiger partial charge in [-0.3, -0.25) is 19.9 Å². The molecule has 0 bridgehead atoms. The normalized spacial score (nSPS) is 15.1. The van der Waals surface area contributed by atoms with Gasteiger partial charge >= 0.3 is 0 Å². The molecular weight excluding hydrogens is 412 g/mol. The quantitative estimate of drug-likeness (QED) is 0.345. The average molecular weight is 428 g/mol. The second-order valence-electron chi connectivity index (χ2n) is 7.01. The third-order valence-electron chi connectivity index (χ3n) is 5.08. The Hall–Kier alpha value is -3.91. The number of aromatic nitrogens is 1. The number of para-hydroxylation sites is 2. The van der Waals surface area contributed by atoms with E-state index in [1.165, 1.54) is 17.8 Å². The van der Waals surface area contributed by atoms with Crippen molar-refractivity contribution in [2.24, 2.45) is 0 Å². The van der Waals surface area contributed by atoms with Crippen LogP contribution in [0.3, 0.4) is 0 Å². The predicted octanol–water partition coefficient (Wildman–Crippen LogP) is 5.15. The summed E-state index contributed by atoms with van der Waals surface area (Å²) in [5, 5.41) is 18.9. The largest absolute Gasteiger partial charge is 0.361 e. The van der Waals surface area contributed by atoms with Crippen molar-refractivity contribution in [3.8, 4) is 0 Å². The molecule has 4 aromatic rings. The lowest BCUT2D eigenvalue weighted by molar-refractivity contribution is -0.387. The van der Waals surface area contributed by atoms with Gasteiger partial charge in [-0.25, -0.2) is 0 Å². The number of fused-ring (bicyclic) bond motifs is 2. The Kier molecular flexibility index (Phi) is 4.76. The average Bonchev–Trinajstić information content (AvgIpc) is 2.79. The topological polar surface area (TPSA) is 97.2 Å². The third kappa shape index (κ3) is 3.57. The van der Waals surface area contributed by atoms with Gasteiger partial charge in [0.2, 0.25) is 0 Å². The Balaban J connectivity index is 1.50. The van der Waals surface area contributed by atoms with E-state index in [9.17, 15) is 14.9 Å². The van der Waals surface area contributed by atoms with Crippen LogP contribution in [0.1, 0.15) is 22.1 Å². The fourth-order valence-electron chi connectivity index (χ4n) is 3.59. The van der Waals surface area contributed by atoms with Crippen molar-refractivity contribution in [1.82, 2.24) is 10.3 Å². The maximum atomic E-state index is 12.4. The molecule has 0 saturated carbocycles. The van der Waals surface area contributed by atoms with Gasteiger partial charge in [0.05, 0.1) is 20.9 Å². The minimum absolute atomic E-state index is 0.0228. The van der Waals surface area contributed by atoms with Gasteiger partial charge in [-0.2, -0.15) is 0 Å². The van der Waals surface area contributed by atoms with E-state index >= 15 is 0 Å². The summed E-state index contributed by atoms with van der Waals surface area (Å²) < 4.78 is 0. The first-order valence-electron chi connectivity index (χ1n) is 9.56. The van der Waals surface area contributed by atoms with Gasteiger partial charge in [0.15, 0.2) is 0 Å². The van der Waals surface area contributed by atoms with Crippen molar-refractivity contribution >= 4 is 39.9 Å². The summed E-state index contributed by atoms with van der Waals surface area (Å²) in [5.74, 6) is -0.220. The summed E-state index contributed by atoms with van der Waals surface area (Å²) in [4.78, 5) is 29.6. The van der Waals surface area contributed by atoms with Crippen molar-refractivity contribution in [1.29, 1.82) is 0 Å². The highest BCUT2D eigenvalue weighted by Gasteiger charge is 2.26. The molecule has 0 saturated heterocycles. The summed E-state index contributed by atoms with van der Waals surface area (Å²) >= 11 is 1.30. The Morgan fingerprint density at radius 1 is 0.935 bits per heavy atom. The van der Waals surface area contributed by atoms with E-state index < -0.39 is 11.1 Å². The number of pyridine rings is 1. The molecule has 1 atom stereocenters.